The normalized spacial score (nSPS) is 10.2. The zero-order valence-electron chi connectivity index (χ0n) is 10.7. The average molecular weight is 410 g/mol. The van der Waals surface area contributed by atoms with E-state index in [1.807, 2.05) is 6.92 Å². The summed E-state index contributed by atoms with van der Waals surface area (Å²) < 4.78 is 6.16. The third kappa shape index (κ3) is 5.10. The molecule has 8 heteroatoms. The van der Waals surface area contributed by atoms with Crippen LogP contribution in [0.15, 0.2) is 21.1 Å². The second-order valence-corrected chi connectivity index (χ2v) is 5.46. The fourth-order valence-electron chi connectivity index (χ4n) is 1.41. The number of carbonyl (C=O) groups is 2. The lowest BCUT2D eigenvalue weighted by Gasteiger charge is -2.12. The zero-order valence-corrected chi connectivity index (χ0v) is 13.9. The molecule has 0 saturated carbocycles. The summed E-state index contributed by atoms with van der Waals surface area (Å²) in [6.45, 7) is 3.18. The number of urea groups is 1. The Balaban J connectivity index is 2.76. The van der Waals surface area contributed by atoms with Crippen molar-refractivity contribution in [3.63, 3.8) is 0 Å². The highest BCUT2D eigenvalue weighted by Crippen LogP contribution is 2.30. The van der Waals surface area contributed by atoms with E-state index in [1.165, 1.54) is 6.07 Å². The number of aromatic carboxylic acids is 1. The van der Waals surface area contributed by atoms with E-state index >= 15 is 0 Å². The van der Waals surface area contributed by atoms with Crippen LogP contribution >= 0.6 is 31.9 Å². The first kappa shape index (κ1) is 16.9. The monoisotopic (exact) mass is 408 g/mol. The molecule has 0 fully saturated rings. The van der Waals surface area contributed by atoms with Crippen molar-refractivity contribution in [1.82, 2.24) is 5.32 Å². The van der Waals surface area contributed by atoms with Crippen LogP contribution in [0.2, 0.25) is 0 Å². The number of hydrogen-bond donors (Lipinski definition) is 3. The summed E-state index contributed by atoms with van der Waals surface area (Å²) in [5.74, 6) is -1.13. The summed E-state index contributed by atoms with van der Waals surface area (Å²) in [6, 6.07) is 2.58. The van der Waals surface area contributed by atoms with Gasteiger partial charge in [0, 0.05) is 22.1 Å². The van der Waals surface area contributed by atoms with Crippen LogP contribution in [0.1, 0.15) is 17.3 Å². The summed E-state index contributed by atoms with van der Waals surface area (Å²) >= 11 is 6.43. The third-order valence-corrected chi connectivity index (χ3v) is 3.34. The van der Waals surface area contributed by atoms with Crippen LogP contribution in [-0.2, 0) is 4.74 Å². The van der Waals surface area contributed by atoms with Gasteiger partial charge in [-0.15, -0.1) is 0 Å². The van der Waals surface area contributed by atoms with Crippen molar-refractivity contribution in [2.24, 2.45) is 0 Å². The van der Waals surface area contributed by atoms with Crippen molar-refractivity contribution >= 4 is 49.5 Å². The third-order valence-electron chi connectivity index (χ3n) is 2.26. The molecule has 0 bridgehead atoms. The largest absolute Gasteiger partial charge is 0.478 e. The fourth-order valence-corrected chi connectivity index (χ4v) is 2.73. The molecule has 20 heavy (non-hydrogen) atoms. The van der Waals surface area contributed by atoms with Gasteiger partial charge in [-0.3, -0.25) is 0 Å². The number of rotatable bonds is 6. The molecule has 0 radical (unpaired) electrons. The standard InChI is InChI=1S/C12H14Br2N2O4/c1-2-20-4-3-15-12(19)16-10-8(11(17)18)5-7(13)6-9(10)14/h5-6H,2-4H2,1H3,(H,17,18)(H2,15,16,19). The van der Waals surface area contributed by atoms with Crippen molar-refractivity contribution in [3.8, 4) is 0 Å². The maximum Gasteiger partial charge on any atom is 0.337 e. The number of hydrogen-bond acceptors (Lipinski definition) is 3. The number of benzene rings is 1. The smallest absolute Gasteiger partial charge is 0.337 e. The van der Waals surface area contributed by atoms with Gasteiger partial charge in [0.05, 0.1) is 17.9 Å². The highest BCUT2D eigenvalue weighted by Gasteiger charge is 2.16. The number of carbonyl (C=O) groups excluding carboxylic acids is 1. The van der Waals surface area contributed by atoms with E-state index in [4.69, 9.17) is 9.84 Å². The van der Waals surface area contributed by atoms with Gasteiger partial charge in [0.15, 0.2) is 0 Å². The topological polar surface area (TPSA) is 87.7 Å². The van der Waals surface area contributed by atoms with Crippen molar-refractivity contribution < 1.29 is 19.4 Å². The molecule has 0 saturated heterocycles. The molecule has 0 unspecified atom stereocenters. The number of carboxylic acid groups (broad SMARTS) is 1. The molecule has 0 heterocycles. The van der Waals surface area contributed by atoms with Crippen LogP contribution in [0, 0.1) is 0 Å². The molecular weight excluding hydrogens is 396 g/mol. The van der Waals surface area contributed by atoms with E-state index in [0.29, 0.717) is 28.7 Å². The van der Waals surface area contributed by atoms with Crippen molar-refractivity contribution in [2.45, 2.75) is 6.92 Å². The van der Waals surface area contributed by atoms with E-state index in [2.05, 4.69) is 42.5 Å². The van der Waals surface area contributed by atoms with E-state index in [0.717, 1.165) is 0 Å². The maximum atomic E-state index is 11.7. The molecule has 0 aliphatic rings. The van der Waals surface area contributed by atoms with E-state index in [-0.39, 0.29) is 11.3 Å². The van der Waals surface area contributed by atoms with E-state index in [1.54, 1.807) is 6.07 Å². The summed E-state index contributed by atoms with van der Waals surface area (Å²) in [5.41, 5.74) is 0.195. The molecule has 0 aliphatic heterocycles. The second-order valence-electron chi connectivity index (χ2n) is 3.69. The average Bonchev–Trinajstić information content (AvgIpc) is 2.37. The van der Waals surface area contributed by atoms with Gasteiger partial charge in [0.2, 0.25) is 0 Å². The van der Waals surface area contributed by atoms with Gasteiger partial charge >= 0.3 is 12.0 Å². The summed E-state index contributed by atoms with van der Waals surface area (Å²) in [7, 11) is 0. The Morgan fingerprint density at radius 2 is 2.05 bits per heavy atom. The Morgan fingerprint density at radius 3 is 2.65 bits per heavy atom. The van der Waals surface area contributed by atoms with Gasteiger partial charge < -0.3 is 20.5 Å². The fraction of sp³-hybridized carbons (Fsp3) is 0.333. The minimum atomic E-state index is -1.13. The first-order chi connectivity index (χ1) is 9.45. The Morgan fingerprint density at radius 1 is 1.35 bits per heavy atom. The molecule has 6 nitrogen and oxygen atoms in total. The van der Waals surface area contributed by atoms with Gasteiger partial charge in [0.1, 0.15) is 0 Å². The molecule has 1 aromatic rings. The van der Waals surface area contributed by atoms with Crippen LogP contribution in [-0.4, -0.2) is 36.9 Å². The van der Waals surface area contributed by atoms with Gasteiger partial charge in [0.25, 0.3) is 0 Å². The van der Waals surface area contributed by atoms with Crippen LogP contribution in [0.5, 0.6) is 0 Å². The Bertz CT molecular complexity index is 508. The first-order valence-electron chi connectivity index (χ1n) is 5.80. The predicted molar refractivity (Wildman–Crippen MR) is 82.3 cm³/mol. The zero-order chi connectivity index (χ0) is 15.1. The molecule has 0 aromatic heterocycles. The maximum absolute atomic E-state index is 11.7. The van der Waals surface area contributed by atoms with Crippen LogP contribution in [0.3, 0.4) is 0 Å². The Kier molecular flexibility index (Phi) is 6.97. The predicted octanol–water partition coefficient (Wildman–Crippen LogP) is 3.07. The van der Waals surface area contributed by atoms with Crippen molar-refractivity contribution in [2.75, 3.05) is 25.1 Å². The van der Waals surface area contributed by atoms with Crippen LogP contribution < -0.4 is 10.6 Å². The lowest BCUT2D eigenvalue weighted by molar-refractivity contribution is 0.0698. The molecule has 1 rings (SSSR count). The quantitative estimate of drug-likeness (QED) is 0.630. The number of halogens is 2. The lowest BCUT2D eigenvalue weighted by atomic mass is 10.2. The summed E-state index contributed by atoms with van der Waals surface area (Å²) in [5, 5.41) is 14.2. The first-order valence-corrected chi connectivity index (χ1v) is 7.39. The van der Waals surface area contributed by atoms with Crippen molar-refractivity contribution in [1.29, 1.82) is 0 Å². The lowest BCUT2D eigenvalue weighted by Crippen LogP contribution is -2.32. The molecule has 0 spiro atoms. The number of carboxylic acids is 1. The SMILES string of the molecule is CCOCCNC(=O)Nc1c(Br)cc(Br)cc1C(=O)O. The van der Waals surface area contributed by atoms with Gasteiger partial charge in [-0.25, -0.2) is 9.59 Å². The molecule has 0 atom stereocenters. The Hall–Kier alpha value is -1.12. The van der Waals surface area contributed by atoms with Crippen LogP contribution in [0.25, 0.3) is 0 Å². The molecule has 2 amide bonds. The minimum Gasteiger partial charge on any atom is -0.478 e. The highest BCUT2D eigenvalue weighted by atomic mass is 79.9. The molecule has 3 N–H and O–H groups in total. The van der Waals surface area contributed by atoms with Gasteiger partial charge in [-0.05, 0) is 35.0 Å². The second kappa shape index (κ2) is 8.23. The van der Waals surface area contributed by atoms with Gasteiger partial charge in [-0.1, -0.05) is 15.9 Å². The number of ether oxygens (including phenoxy) is 1. The number of amides is 2. The number of anilines is 1. The molecule has 110 valence electrons. The Labute approximate surface area is 133 Å². The molecule has 0 aliphatic carbocycles. The molecule has 1 aromatic carbocycles. The minimum absolute atomic E-state index is 0.00814. The van der Waals surface area contributed by atoms with E-state index < -0.39 is 12.0 Å². The van der Waals surface area contributed by atoms with Gasteiger partial charge in [-0.2, -0.15) is 0 Å². The summed E-state index contributed by atoms with van der Waals surface area (Å²) in [6.07, 6.45) is 0. The highest BCUT2D eigenvalue weighted by molar-refractivity contribution is 9.11. The summed E-state index contributed by atoms with van der Waals surface area (Å²) in [4.78, 5) is 22.9. The van der Waals surface area contributed by atoms with E-state index in [9.17, 15) is 9.59 Å². The van der Waals surface area contributed by atoms with Crippen LogP contribution in [0.4, 0.5) is 10.5 Å². The molecular formula is C12H14Br2N2O4. The van der Waals surface area contributed by atoms with Crippen molar-refractivity contribution in [3.05, 3.63) is 26.6 Å². The number of nitrogens with one attached hydrogen (secondary N) is 2.